The summed E-state index contributed by atoms with van der Waals surface area (Å²) in [6.07, 6.45) is 0. The van der Waals surface area contributed by atoms with Gasteiger partial charge in [-0.05, 0) is 59.7 Å². The lowest BCUT2D eigenvalue weighted by Gasteiger charge is -2.25. The highest BCUT2D eigenvalue weighted by Crippen LogP contribution is 2.49. The molecular formula is C32H24N2O4. The van der Waals surface area contributed by atoms with Crippen LogP contribution in [0.25, 0.3) is 11.4 Å². The molecule has 6 nitrogen and oxygen atoms in total. The normalized spacial score (nSPS) is 14.9. The van der Waals surface area contributed by atoms with Crippen LogP contribution < -0.4 is 19.3 Å². The molecule has 0 spiro atoms. The fraction of sp³-hybridized carbons (Fsp3) is 0.0625. The maximum absolute atomic E-state index is 14.3. The molecule has 186 valence electrons. The maximum Gasteiger partial charge on any atom is 0.265 e. The molecular weight excluding hydrogens is 476 g/mol. The average molecular weight is 501 g/mol. The second kappa shape index (κ2) is 9.41. The van der Waals surface area contributed by atoms with Gasteiger partial charge in [-0.25, -0.2) is 0 Å². The molecule has 0 N–H and O–H groups in total. The van der Waals surface area contributed by atoms with Crippen molar-refractivity contribution in [3.8, 4) is 11.5 Å². The second-order valence-electron chi connectivity index (χ2n) is 8.86. The Morgan fingerprint density at radius 3 is 1.13 bits per heavy atom. The van der Waals surface area contributed by atoms with Crippen molar-refractivity contribution in [3.05, 3.63) is 131 Å². The van der Waals surface area contributed by atoms with E-state index in [1.54, 1.807) is 24.0 Å². The Labute approximate surface area is 220 Å². The Balaban J connectivity index is 1.63. The minimum absolute atomic E-state index is 0.257. The molecule has 2 aliphatic rings. The van der Waals surface area contributed by atoms with Gasteiger partial charge in [0.2, 0.25) is 0 Å². The van der Waals surface area contributed by atoms with Crippen molar-refractivity contribution in [1.29, 1.82) is 0 Å². The standard InChI is InChI=1S/C32H24N2O4/c1-37-25-17-13-23(14-18-25)33-29(21-9-5-3-6-10-21)27-28(31(33)35)30(22-11-7-4-8-12-22)34(32(27)36)24-15-19-26(38-2)20-16-24/h3-20H,1-2H3. The number of anilines is 2. The number of nitrogens with zero attached hydrogens (tertiary/aromatic N) is 2. The predicted octanol–water partition coefficient (Wildman–Crippen LogP) is 5.92. The summed E-state index contributed by atoms with van der Waals surface area (Å²) < 4.78 is 10.6. The molecule has 6 rings (SSSR count). The first-order valence-corrected chi connectivity index (χ1v) is 12.2. The smallest absolute Gasteiger partial charge is 0.265 e. The molecule has 0 saturated heterocycles. The topological polar surface area (TPSA) is 59.1 Å². The number of ether oxygens (including phenoxy) is 2. The Bertz CT molecular complexity index is 1470. The van der Waals surface area contributed by atoms with Crippen LogP contribution in [-0.4, -0.2) is 26.0 Å². The highest BCUT2D eigenvalue weighted by molar-refractivity contribution is 6.41. The van der Waals surface area contributed by atoms with E-state index in [1.165, 1.54) is 0 Å². The Morgan fingerprint density at radius 2 is 0.816 bits per heavy atom. The summed E-state index contributed by atoms with van der Waals surface area (Å²) in [4.78, 5) is 31.9. The molecule has 2 amide bonds. The van der Waals surface area contributed by atoms with E-state index in [4.69, 9.17) is 9.47 Å². The lowest BCUT2D eigenvalue weighted by atomic mass is 10.0. The zero-order chi connectivity index (χ0) is 26.2. The quantitative estimate of drug-likeness (QED) is 0.330. The number of hydrogen-bond donors (Lipinski definition) is 0. The van der Waals surface area contributed by atoms with E-state index in [-0.39, 0.29) is 11.8 Å². The molecule has 0 radical (unpaired) electrons. The van der Waals surface area contributed by atoms with Crippen molar-refractivity contribution in [2.24, 2.45) is 0 Å². The summed E-state index contributed by atoms with van der Waals surface area (Å²) in [6.45, 7) is 0. The third kappa shape index (κ3) is 3.66. The molecule has 0 saturated carbocycles. The monoisotopic (exact) mass is 500 g/mol. The number of fused-ring (bicyclic) bond motifs is 1. The van der Waals surface area contributed by atoms with Crippen LogP contribution in [-0.2, 0) is 9.59 Å². The molecule has 0 fully saturated rings. The highest BCUT2D eigenvalue weighted by atomic mass is 16.5. The number of carbonyl (C=O) groups excluding carboxylic acids is 2. The predicted molar refractivity (Wildman–Crippen MR) is 148 cm³/mol. The van der Waals surface area contributed by atoms with Crippen LogP contribution in [0.2, 0.25) is 0 Å². The zero-order valence-corrected chi connectivity index (χ0v) is 20.9. The summed E-state index contributed by atoms with van der Waals surface area (Å²) in [5.41, 5.74) is 4.74. The molecule has 0 aromatic heterocycles. The number of rotatable bonds is 6. The van der Waals surface area contributed by atoms with E-state index >= 15 is 0 Å². The van der Waals surface area contributed by atoms with Gasteiger partial charge in [0.25, 0.3) is 11.8 Å². The molecule has 0 atom stereocenters. The summed E-state index contributed by atoms with van der Waals surface area (Å²) in [5, 5.41) is 0. The lowest BCUT2D eigenvalue weighted by Crippen LogP contribution is -2.29. The minimum Gasteiger partial charge on any atom is -0.497 e. The van der Waals surface area contributed by atoms with Gasteiger partial charge in [-0.15, -0.1) is 0 Å². The van der Waals surface area contributed by atoms with E-state index < -0.39 is 0 Å². The third-order valence-corrected chi connectivity index (χ3v) is 6.76. The molecule has 2 heterocycles. The molecule has 6 heteroatoms. The van der Waals surface area contributed by atoms with Crippen LogP contribution in [0.5, 0.6) is 11.5 Å². The summed E-state index contributed by atoms with van der Waals surface area (Å²) >= 11 is 0. The summed E-state index contributed by atoms with van der Waals surface area (Å²) in [7, 11) is 3.20. The zero-order valence-electron chi connectivity index (χ0n) is 20.9. The van der Waals surface area contributed by atoms with Crippen molar-refractivity contribution in [1.82, 2.24) is 0 Å². The van der Waals surface area contributed by atoms with Crippen molar-refractivity contribution in [2.45, 2.75) is 0 Å². The molecule has 0 bridgehead atoms. The first kappa shape index (κ1) is 23.3. The largest absolute Gasteiger partial charge is 0.497 e. The van der Waals surface area contributed by atoms with Gasteiger partial charge in [-0.2, -0.15) is 0 Å². The van der Waals surface area contributed by atoms with Gasteiger partial charge < -0.3 is 9.47 Å². The number of carbonyl (C=O) groups is 2. The van der Waals surface area contributed by atoms with Gasteiger partial charge in [0.15, 0.2) is 0 Å². The Kier molecular flexibility index (Phi) is 5.77. The Morgan fingerprint density at radius 1 is 0.474 bits per heavy atom. The van der Waals surface area contributed by atoms with Gasteiger partial charge >= 0.3 is 0 Å². The summed E-state index contributed by atoms with van der Waals surface area (Å²) in [6, 6.07) is 33.7. The van der Waals surface area contributed by atoms with Crippen LogP contribution in [0.1, 0.15) is 11.1 Å². The van der Waals surface area contributed by atoms with Gasteiger partial charge in [0.1, 0.15) is 11.5 Å². The first-order chi connectivity index (χ1) is 18.6. The number of hydrogen-bond acceptors (Lipinski definition) is 4. The lowest BCUT2D eigenvalue weighted by molar-refractivity contribution is -0.115. The van der Waals surface area contributed by atoms with E-state index in [2.05, 4.69) is 0 Å². The van der Waals surface area contributed by atoms with E-state index in [1.807, 2.05) is 109 Å². The molecule has 2 aliphatic heterocycles. The van der Waals surface area contributed by atoms with E-state index in [0.29, 0.717) is 45.4 Å². The average Bonchev–Trinajstić information content (AvgIpc) is 3.45. The van der Waals surface area contributed by atoms with Crippen molar-refractivity contribution >= 4 is 34.6 Å². The van der Waals surface area contributed by atoms with Crippen LogP contribution in [0, 0.1) is 0 Å². The van der Waals surface area contributed by atoms with E-state index in [0.717, 1.165) is 11.1 Å². The minimum atomic E-state index is -0.257. The SMILES string of the molecule is COc1ccc(N2C(=O)C3=C(c4ccccc4)N(c4ccc(OC)cc4)C(=O)C3=C2c2ccccc2)cc1. The molecule has 4 aromatic rings. The van der Waals surface area contributed by atoms with Crippen LogP contribution in [0.15, 0.2) is 120 Å². The third-order valence-electron chi connectivity index (χ3n) is 6.76. The number of benzene rings is 4. The van der Waals surface area contributed by atoms with Crippen LogP contribution in [0.3, 0.4) is 0 Å². The molecule has 4 aromatic carbocycles. The summed E-state index contributed by atoms with van der Waals surface area (Å²) in [5.74, 6) is 0.848. The van der Waals surface area contributed by atoms with Crippen molar-refractivity contribution in [3.63, 3.8) is 0 Å². The second-order valence-corrected chi connectivity index (χ2v) is 8.86. The van der Waals surface area contributed by atoms with Crippen molar-refractivity contribution < 1.29 is 19.1 Å². The Hall–Kier alpha value is -5.10. The fourth-order valence-electron chi connectivity index (χ4n) is 5.00. The maximum atomic E-state index is 14.3. The van der Waals surface area contributed by atoms with Gasteiger partial charge in [0.05, 0.1) is 36.8 Å². The highest BCUT2D eigenvalue weighted by Gasteiger charge is 2.49. The molecule has 38 heavy (non-hydrogen) atoms. The van der Waals surface area contributed by atoms with E-state index in [9.17, 15) is 9.59 Å². The van der Waals surface area contributed by atoms with Crippen LogP contribution >= 0.6 is 0 Å². The van der Waals surface area contributed by atoms with Crippen molar-refractivity contribution in [2.75, 3.05) is 24.0 Å². The number of amides is 2. The number of methoxy groups -OCH3 is 2. The van der Waals surface area contributed by atoms with Gasteiger partial charge in [-0.1, -0.05) is 60.7 Å². The molecule has 0 unspecified atom stereocenters. The van der Waals surface area contributed by atoms with Crippen LogP contribution in [0.4, 0.5) is 11.4 Å². The fourth-order valence-corrected chi connectivity index (χ4v) is 5.00. The van der Waals surface area contributed by atoms with Gasteiger partial charge in [-0.3, -0.25) is 19.4 Å². The first-order valence-electron chi connectivity index (χ1n) is 12.2. The molecule has 0 aliphatic carbocycles. The van der Waals surface area contributed by atoms with Gasteiger partial charge in [0, 0.05) is 11.4 Å².